The Morgan fingerprint density at radius 1 is 1.35 bits per heavy atom. The van der Waals surface area contributed by atoms with Crippen molar-refractivity contribution in [1.29, 1.82) is 0 Å². The molecule has 3 rings (SSSR count). The number of aromatic nitrogens is 3. The monoisotopic (exact) mass is 316 g/mol. The normalized spacial score (nSPS) is 16.6. The highest BCUT2D eigenvalue weighted by Gasteiger charge is 2.21. The summed E-state index contributed by atoms with van der Waals surface area (Å²) in [7, 11) is 0. The van der Waals surface area contributed by atoms with Crippen LogP contribution in [0.25, 0.3) is 0 Å². The molecule has 2 aromatic rings. The molecule has 1 saturated heterocycles. The van der Waals surface area contributed by atoms with Crippen LogP contribution in [0.4, 0.5) is 0 Å². The van der Waals surface area contributed by atoms with E-state index in [1.54, 1.807) is 13.0 Å². The highest BCUT2D eigenvalue weighted by atomic mass is 16.5. The number of piperidine rings is 1. The van der Waals surface area contributed by atoms with Crippen LogP contribution < -0.4 is 0 Å². The van der Waals surface area contributed by atoms with Gasteiger partial charge in [0, 0.05) is 19.9 Å². The molecule has 23 heavy (non-hydrogen) atoms. The van der Waals surface area contributed by atoms with Crippen molar-refractivity contribution in [3.8, 4) is 0 Å². The summed E-state index contributed by atoms with van der Waals surface area (Å²) in [5.41, 5.74) is 0.905. The van der Waals surface area contributed by atoms with Gasteiger partial charge >= 0.3 is 5.97 Å². The van der Waals surface area contributed by atoms with Crippen LogP contribution in [-0.2, 0) is 13.0 Å². The van der Waals surface area contributed by atoms with E-state index in [1.165, 1.54) is 6.07 Å². The number of carbonyl (C=O) groups is 1. The van der Waals surface area contributed by atoms with Crippen molar-refractivity contribution in [2.75, 3.05) is 13.1 Å². The number of aromatic carboxylic acids is 1. The summed E-state index contributed by atoms with van der Waals surface area (Å²) in [6.45, 7) is 4.44. The molecular weight excluding hydrogens is 296 g/mol. The number of nitrogens with zero attached hydrogens (tertiary/aromatic N) is 4. The van der Waals surface area contributed by atoms with Crippen LogP contribution in [0.1, 0.15) is 40.7 Å². The summed E-state index contributed by atoms with van der Waals surface area (Å²) in [6, 6.07) is 5.14. The molecule has 0 amide bonds. The SMILES string of the molecule is Cc1nc(CC2CCN(Cc3cccc(C(=O)O)n3)CC2)no1. The van der Waals surface area contributed by atoms with Gasteiger partial charge in [-0.15, -0.1) is 0 Å². The maximum atomic E-state index is 11.0. The second kappa shape index (κ2) is 6.87. The number of carboxylic acids is 1. The van der Waals surface area contributed by atoms with Crippen molar-refractivity contribution in [3.05, 3.63) is 41.3 Å². The van der Waals surface area contributed by atoms with Gasteiger partial charge in [0.25, 0.3) is 0 Å². The fraction of sp³-hybridized carbons (Fsp3) is 0.500. The summed E-state index contributed by atoms with van der Waals surface area (Å²) in [6.07, 6.45) is 3.01. The van der Waals surface area contributed by atoms with Crippen LogP contribution in [0.2, 0.25) is 0 Å². The van der Waals surface area contributed by atoms with Crippen molar-refractivity contribution >= 4 is 5.97 Å². The van der Waals surface area contributed by atoms with Crippen molar-refractivity contribution in [2.24, 2.45) is 5.92 Å². The Kier molecular flexibility index (Phi) is 4.66. The van der Waals surface area contributed by atoms with E-state index in [-0.39, 0.29) is 5.69 Å². The Labute approximate surface area is 134 Å². The zero-order valence-corrected chi connectivity index (χ0v) is 13.1. The minimum Gasteiger partial charge on any atom is -0.477 e. The zero-order valence-electron chi connectivity index (χ0n) is 13.1. The second-order valence-electron chi connectivity index (χ2n) is 5.97. The lowest BCUT2D eigenvalue weighted by atomic mass is 9.93. The fourth-order valence-electron chi connectivity index (χ4n) is 2.95. The zero-order chi connectivity index (χ0) is 16.2. The molecule has 0 aliphatic carbocycles. The number of hydrogen-bond donors (Lipinski definition) is 1. The van der Waals surface area contributed by atoms with Gasteiger partial charge < -0.3 is 9.63 Å². The smallest absolute Gasteiger partial charge is 0.354 e. The van der Waals surface area contributed by atoms with E-state index in [0.29, 0.717) is 18.4 Å². The molecule has 1 fully saturated rings. The van der Waals surface area contributed by atoms with Gasteiger partial charge in [-0.1, -0.05) is 11.2 Å². The lowest BCUT2D eigenvalue weighted by Gasteiger charge is -2.31. The molecule has 1 aliphatic heterocycles. The van der Waals surface area contributed by atoms with E-state index < -0.39 is 5.97 Å². The van der Waals surface area contributed by atoms with Crippen LogP contribution >= 0.6 is 0 Å². The number of pyridine rings is 1. The molecule has 2 aromatic heterocycles. The average molecular weight is 316 g/mol. The molecule has 3 heterocycles. The Morgan fingerprint density at radius 2 is 2.13 bits per heavy atom. The predicted octanol–water partition coefficient (Wildman–Crippen LogP) is 1.93. The Hall–Kier alpha value is -2.28. The van der Waals surface area contributed by atoms with E-state index >= 15 is 0 Å². The molecule has 0 spiro atoms. The fourth-order valence-corrected chi connectivity index (χ4v) is 2.95. The Morgan fingerprint density at radius 3 is 2.78 bits per heavy atom. The van der Waals surface area contributed by atoms with Crippen LogP contribution in [0.5, 0.6) is 0 Å². The van der Waals surface area contributed by atoms with Gasteiger partial charge in [-0.05, 0) is 44.0 Å². The molecule has 0 bridgehead atoms. The Balaban J connectivity index is 1.51. The molecular formula is C16H20N4O3. The van der Waals surface area contributed by atoms with Crippen LogP contribution in [0.15, 0.2) is 22.7 Å². The number of hydrogen-bond acceptors (Lipinski definition) is 6. The lowest BCUT2D eigenvalue weighted by Crippen LogP contribution is -2.34. The van der Waals surface area contributed by atoms with Gasteiger partial charge in [0.15, 0.2) is 5.82 Å². The van der Waals surface area contributed by atoms with Gasteiger partial charge in [-0.3, -0.25) is 4.90 Å². The molecule has 0 aromatic carbocycles. The first-order chi connectivity index (χ1) is 11.1. The topological polar surface area (TPSA) is 92.4 Å². The highest BCUT2D eigenvalue weighted by Crippen LogP contribution is 2.21. The molecule has 0 saturated carbocycles. The van der Waals surface area contributed by atoms with Gasteiger partial charge in [0.05, 0.1) is 5.69 Å². The number of rotatable bonds is 5. The molecule has 1 aliphatic rings. The van der Waals surface area contributed by atoms with Crippen molar-refractivity contribution in [2.45, 2.75) is 32.7 Å². The van der Waals surface area contributed by atoms with Crippen molar-refractivity contribution in [3.63, 3.8) is 0 Å². The summed E-state index contributed by atoms with van der Waals surface area (Å²) < 4.78 is 5.01. The molecule has 0 unspecified atom stereocenters. The van der Waals surface area contributed by atoms with Crippen LogP contribution in [0.3, 0.4) is 0 Å². The van der Waals surface area contributed by atoms with Crippen LogP contribution in [0, 0.1) is 12.8 Å². The first-order valence-corrected chi connectivity index (χ1v) is 7.81. The first kappa shape index (κ1) is 15.6. The minimum atomic E-state index is -0.985. The standard InChI is InChI=1S/C16H20N4O3/c1-11-17-15(19-23-11)9-12-5-7-20(8-6-12)10-13-3-2-4-14(18-13)16(21)22/h2-4,12H,5-10H2,1H3,(H,21,22). The third-order valence-electron chi connectivity index (χ3n) is 4.16. The average Bonchev–Trinajstić information content (AvgIpc) is 2.94. The van der Waals surface area contributed by atoms with Gasteiger partial charge in [-0.2, -0.15) is 4.98 Å². The Bertz CT molecular complexity index is 677. The quantitative estimate of drug-likeness (QED) is 0.901. The summed E-state index contributed by atoms with van der Waals surface area (Å²) in [4.78, 5) is 21.7. The molecule has 1 N–H and O–H groups in total. The summed E-state index contributed by atoms with van der Waals surface area (Å²) >= 11 is 0. The first-order valence-electron chi connectivity index (χ1n) is 7.81. The number of carboxylic acid groups (broad SMARTS) is 1. The van der Waals surface area contributed by atoms with Crippen LogP contribution in [-0.4, -0.2) is 44.2 Å². The maximum Gasteiger partial charge on any atom is 0.354 e. The summed E-state index contributed by atoms with van der Waals surface area (Å²) in [5.74, 6) is 0.987. The van der Waals surface area contributed by atoms with E-state index in [9.17, 15) is 4.79 Å². The highest BCUT2D eigenvalue weighted by molar-refractivity contribution is 5.85. The van der Waals surface area contributed by atoms with Gasteiger partial charge in [-0.25, -0.2) is 9.78 Å². The van der Waals surface area contributed by atoms with E-state index in [1.807, 2.05) is 6.07 Å². The predicted molar refractivity (Wildman–Crippen MR) is 81.9 cm³/mol. The molecule has 0 radical (unpaired) electrons. The van der Waals surface area contributed by atoms with E-state index in [2.05, 4.69) is 20.0 Å². The summed E-state index contributed by atoms with van der Waals surface area (Å²) in [5, 5.41) is 13.0. The molecule has 0 atom stereocenters. The molecule has 7 nitrogen and oxygen atoms in total. The van der Waals surface area contributed by atoms with Crippen molar-refractivity contribution < 1.29 is 14.4 Å². The van der Waals surface area contributed by atoms with E-state index in [4.69, 9.17) is 9.63 Å². The molecule has 7 heteroatoms. The van der Waals surface area contributed by atoms with E-state index in [0.717, 1.165) is 43.9 Å². The second-order valence-corrected chi connectivity index (χ2v) is 5.97. The minimum absolute atomic E-state index is 0.102. The maximum absolute atomic E-state index is 11.0. The lowest BCUT2D eigenvalue weighted by molar-refractivity contribution is 0.0689. The third kappa shape index (κ3) is 4.13. The molecule has 122 valence electrons. The number of aryl methyl sites for hydroxylation is 1. The van der Waals surface area contributed by atoms with Gasteiger partial charge in [0.1, 0.15) is 5.69 Å². The third-order valence-corrected chi connectivity index (χ3v) is 4.16. The van der Waals surface area contributed by atoms with Crippen molar-refractivity contribution in [1.82, 2.24) is 20.0 Å². The number of likely N-dealkylation sites (tertiary alicyclic amines) is 1. The largest absolute Gasteiger partial charge is 0.477 e. The van der Waals surface area contributed by atoms with Gasteiger partial charge in [0.2, 0.25) is 5.89 Å².